The molecule has 0 aliphatic carbocycles. The predicted octanol–water partition coefficient (Wildman–Crippen LogP) is 1.98. The predicted molar refractivity (Wildman–Crippen MR) is 69.0 cm³/mol. The molecule has 18 heavy (non-hydrogen) atoms. The Morgan fingerprint density at radius 1 is 1.33 bits per heavy atom. The maximum atomic E-state index is 11.8. The van der Waals surface area contributed by atoms with Crippen LogP contribution in [0.15, 0.2) is 35.1 Å². The van der Waals surface area contributed by atoms with Crippen molar-refractivity contribution in [3.63, 3.8) is 0 Å². The largest absolute Gasteiger partial charge is 0.319 e. The third-order valence-corrected chi connectivity index (χ3v) is 2.85. The van der Waals surface area contributed by atoms with Gasteiger partial charge in [-0.2, -0.15) is 5.10 Å². The van der Waals surface area contributed by atoms with Gasteiger partial charge in [0.2, 0.25) is 0 Å². The Morgan fingerprint density at radius 2 is 2.11 bits per heavy atom. The van der Waals surface area contributed by atoms with Gasteiger partial charge in [-0.3, -0.25) is 9.59 Å². The number of rotatable bonds is 2. The highest BCUT2D eigenvalue weighted by Crippen LogP contribution is 2.25. The highest BCUT2D eigenvalue weighted by atomic mass is 35.5. The smallest absolute Gasteiger partial charge is 0.276 e. The molecule has 0 unspecified atom stereocenters. The van der Waals surface area contributed by atoms with Crippen molar-refractivity contribution in [3.8, 4) is 0 Å². The lowest BCUT2D eigenvalue weighted by Crippen LogP contribution is -2.17. The van der Waals surface area contributed by atoms with Gasteiger partial charge in [0.05, 0.1) is 10.7 Å². The number of carbonyl (C=O) groups excluding carboxylic acids is 1. The molecule has 0 saturated heterocycles. The van der Waals surface area contributed by atoms with Crippen LogP contribution >= 0.6 is 11.6 Å². The van der Waals surface area contributed by atoms with Crippen LogP contribution in [0.25, 0.3) is 0 Å². The average molecular weight is 264 g/mol. The maximum absolute atomic E-state index is 11.8. The number of anilines is 1. The molecule has 1 heterocycles. The Morgan fingerprint density at radius 3 is 2.78 bits per heavy atom. The first-order valence-corrected chi connectivity index (χ1v) is 5.58. The number of nitrogens with one attached hydrogen (secondary N) is 2. The Balaban J connectivity index is 2.24. The molecule has 6 heteroatoms. The quantitative estimate of drug-likeness (QED) is 0.870. The van der Waals surface area contributed by atoms with Gasteiger partial charge in [0, 0.05) is 6.07 Å². The number of H-pyrrole nitrogens is 1. The van der Waals surface area contributed by atoms with Crippen LogP contribution in [0.5, 0.6) is 0 Å². The zero-order chi connectivity index (χ0) is 13.1. The van der Waals surface area contributed by atoms with E-state index in [1.54, 1.807) is 12.1 Å². The number of aromatic nitrogens is 2. The minimum absolute atomic E-state index is 0.118. The molecule has 0 saturated carbocycles. The number of carbonyl (C=O) groups is 1. The first-order chi connectivity index (χ1) is 8.58. The molecule has 0 spiro atoms. The fourth-order valence-electron chi connectivity index (χ4n) is 1.40. The van der Waals surface area contributed by atoms with Crippen molar-refractivity contribution in [2.45, 2.75) is 6.92 Å². The maximum Gasteiger partial charge on any atom is 0.276 e. The number of amides is 1. The van der Waals surface area contributed by atoms with E-state index in [1.165, 1.54) is 12.1 Å². The SMILES string of the molecule is Cc1cccc(NC(=O)c2ccc(=O)[nH]n2)c1Cl. The topological polar surface area (TPSA) is 74.8 Å². The van der Waals surface area contributed by atoms with Crippen molar-refractivity contribution >= 4 is 23.2 Å². The molecular weight excluding hydrogens is 254 g/mol. The van der Waals surface area contributed by atoms with Gasteiger partial charge >= 0.3 is 0 Å². The highest BCUT2D eigenvalue weighted by Gasteiger charge is 2.10. The monoisotopic (exact) mass is 263 g/mol. The number of hydrogen-bond donors (Lipinski definition) is 2. The van der Waals surface area contributed by atoms with E-state index >= 15 is 0 Å². The van der Waals surface area contributed by atoms with Crippen molar-refractivity contribution in [1.29, 1.82) is 0 Å². The lowest BCUT2D eigenvalue weighted by molar-refractivity contribution is 0.102. The highest BCUT2D eigenvalue weighted by molar-refractivity contribution is 6.34. The van der Waals surface area contributed by atoms with Gasteiger partial charge in [0.15, 0.2) is 0 Å². The Kier molecular flexibility index (Phi) is 3.43. The molecule has 5 nitrogen and oxygen atoms in total. The second kappa shape index (κ2) is 5.01. The van der Waals surface area contributed by atoms with Gasteiger partial charge in [0.25, 0.3) is 11.5 Å². The molecule has 1 aromatic carbocycles. The summed E-state index contributed by atoms with van der Waals surface area (Å²) in [5, 5.41) is 8.94. The van der Waals surface area contributed by atoms with E-state index in [2.05, 4.69) is 15.5 Å². The van der Waals surface area contributed by atoms with E-state index in [0.717, 1.165) is 5.56 Å². The summed E-state index contributed by atoms with van der Waals surface area (Å²) < 4.78 is 0. The van der Waals surface area contributed by atoms with Crippen molar-refractivity contribution in [2.75, 3.05) is 5.32 Å². The van der Waals surface area contributed by atoms with E-state index in [-0.39, 0.29) is 11.3 Å². The molecule has 2 rings (SSSR count). The lowest BCUT2D eigenvalue weighted by Gasteiger charge is -2.07. The Hall–Kier alpha value is -2.14. The molecule has 0 aliphatic heterocycles. The summed E-state index contributed by atoms with van der Waals surface area (Å²) in [4.78, 5) is 22.7. The van der Waals surface area contributed by atoms with Crippen LogP contribution in [-0.4, -0.2) is 16.1 Å². The standard InChI is InChI=1S/C12H10ClN3O2/c1-7-3-2-4-8(11(7)13)14-12(18)9-5-6-10(17)16-15-9/h2-6H,1H3,(H,14,18)(H,16,17). The van der Waals surface area contributed by atoms with Crippen LogP contribution in [0.4, 0.5) is 5.69 Å². The number of halogens is 1. The zero-order valence-corrected chi connectivity index (χ0v) is 10.3. The second-order valence-corrected chi connectivity index (χ2v) is 4.07. The molecule has 0 radical (unpaired) electrons. The molecule has 2 aromatic rings. The number of aryl methyl sites for hydroxylation is 1. The second-order valence-electron chi connectivity index (χ2n) is 3.70. The minimum Gasteiger partial charge on any atom is -0.319 e. The van der Waals surface area contributed by atoms with Crippen molar-refractivity contribution < 1.29 is 4.79 Å². The lowest BCUT2D eigenvalue weighted by atomic mass is 10.2. The molecule has 2 N–H and O–H groups in total. The molecular formula is C12H10ClN3O2. The minimum atomic E-state index is -0.432. The van der Waals surface area contributed by atoms with Crippen LogP contribution in [0.2, 0.25) is 5.02 Å². The Bertz CT molecular complexity index is 632. The van der Waals surface area contributed by atoms with Gasteiger partial charge in [-0.15, -0.1) is 0 Å². The van der Waals surface area contributed by atoms with Gasteiger partial charge in [-0.1, -0.05) is 23.7 Å². The number of nitrogens with zero attached hydrogens (tertiary/aromatic N) is 1. The summed E-state index contributed by atoms with van der Waals surface area (Å²) in [6.45, 7) is 1.84. The van der Waals surface area contributed by atoms with Crippen molar-refractivity contribution in [2.24, 2.45) is 0 Å². The molecule has 0 atom stereocenters. The average Bonchev–Trinajstić information content (AvgIpc) is 2.36. The van der Waals surface area contributed by atoms with Crippen molar-refractivity contribution in [1.82, 2.24) is 10.2 Å². The van der Waals surface area contributed by atoms with Gasteiger partial charge in [-0.25, -0.2) is 5.10 Å². The summed E-state index contributed by atoms with van der Waals surface area (Å²) in [6.07, 6.45) is 0. The van der Waals surface area contributed by atoms with Crippen molar-refractivity contribution in [3.05, 3.63) is 57.0 Å². The normalized spacial score (nSPS) is 10.1. The molecule has 1 aromatic heterocycles. The summed E-state index contributed by atoms with van der Waals surface area (Å²) in [5.41, 5.74) is 1.13. The summed E-state index contributed by atoms with van der Waals surface area (Å²) in [7, 11) is 0. The number of benzene rings is 1. The zero-order valence-electron chi connectivity index (χ0n) is 9.53. The van der Waals surface area contributed by atoms with Crippen LogP contribution < -0.4 is 10.9 Å². The van der Waals surface area contributed by atoms with E-state index in [4.69, 9.17) is 11.6 Å². The van der Waals surface area contributed by atoms with E-state index < -0.39 is 5.91 Å². The van der Waals surface area contributed by atoms with E-state index in [1.807, 2.05) is 13.0 Å². The summed E-state index contributed by atoms with van der Waals surface area (Å²) in [5.74, 6) is -0.432. The van der Waals surface area contributed by atoms with Crippen LogP contribution in [-0.2, 0) is 0 Å². The van der Waals surface area contributed by atoms with Gasteiger partial charge < -0.3 is 5.32 Å². The summed E-state index contributed by atoms with van der Waals surface area (Å²) in [6, 6.07) is 7.91. The molecule has 0 fully saturated rings. The molecule has 0 bridgehead atoms. The number of hydrogen-bond acceptors (Lipinski definition) is 3. The molecule has 1 amide bonds. The van der Waals surface area contributed by atoms with Crippen LogP contribution in [0.3, 0.4) is 0 Å². The third kappa shape index (κ3) is 2.57. The Labute approximate surface area is 108 Å². The number of aromatic amines is 1. The summed E-state index contributed by atoms with van der Waals surface area (Å²) >= 11 is 6.06. The fourth-order valence-corrected chi connectivity index (χ4v) is 1.57. The molecule has 0 aliphatic rings. The molecule has 92 valence electrons. The fraction of sp³-hybridized carbons (Fsp3) is 0.0833. The van der Waals surface area contributed by atoms with Gasteiger partial charge in [0.1, 0.15) is 5.69 Å². The first kappa shape index (κ1) is 12.3. The van der Waals surface area contributed by atoms with Crippen LogP contribution in [0, 0.1) is 6.92 Å². The van der Waals surface area contributed by atoms with Gasteiger partial charge in [-0.05, 0) is 24.6 Å². The third-order valence-electron chi connectivity index (χ3n) is 2.35. The van der Waals surface area contributed by atoms with E-state index in [9.17, 15) is 9.59 Å². The first-order valence-electron chi connectivity index (χ1n) is 5.20. The van der Waals surface area contributed by atoms with Crippen LogP contribution in [0.1, 0.15) is 16.1 Å². The van der Waals surface area contributed by atoms with E-state index in [0.29, 0.717) is 10.7 Å².